The maximum Gasteiger partial charge on any atom is 0.325 e. The fourth-order valence-corrected chi connectivity index (χ4v) is 2.69. The first-order chi connectivity index (χ1) is 11.4. The highest BCUT2D eigenvalue weighted by molar-refractivity contribution is 6.07. The standard InChI is InChI=1S/C18H14FN3O2/c1-18(14-6-2-12(10-20)3-7-14)16(23)22(17(24)21-18)11-13-4-8-15(19)9-5-13/h2-9H,11H2,1H3,(H,21,24)/t18-/m1/s1. The van der Waals surface area contributed by atoms with Crippen LogP contribution in [0.4, 0.5) is 9.18 Å². The van der Waals surface area contributed by atoms with Crippen LogP contribution in [0, 0.1) is 17.1 Å². The number of urea groups is 1. The molecule has 3 amide bonds. The van der Waals surface area contributed by atoms with Crippen LogP contribution in [0.25, 0.3) is 0 Å². The summed E-state index contributed by atoms with van der Waals surface area (Å²) in [4.78, 5) is 26.1. The molecule has 1 aliphatic rings. The minimum absolute atomic E-state index is 0.0663. The number of hydrogen-bond donors (Lipinski definition) is 1. The van der Waals surface area contributed by atoms with Crippen molar-refractivity contribution in [3.8, 4) is 6.07 Å². The van der Waals surface area contributed by atoms with Crippen LogP contribution in [0.1, 0.15) is 23.6 Å². The predicted octanol–water partition coefficient (Wildman–Crippen LogP) is 2.66. The molecule has 3 rings (SSSR count). The minimum atomic E-state index is -1.19. The van der Waals surface area contributed by atoms with Gasteiger partial charge in [0.05, 0.1) is 18.2 Å². The largest absolute Gasteiger partial charge is 0.325 e. The Morgan fingerprint density at radius 3 is 2.33 bits per heavy atom. The summed E-state index contributed by atoms with van der Waals surface area (Å²) in [5.74, 6) is -0.764. The molecular weight excluding hydrogens is 309 g/mol. The molecule has 1 saturated heterocycles. The van der Waals surface area contributed by atoms with Crippen molar-refractivity contribution in [2.75, 3.05) is 0 Å². The lowest BCUT2D eigenvalue weighted by atomic mass is 9.91. The van der Waals surface area contributed by atoms with Crippen LogP contribution < -0.4 is 5.32 Å². The lowest BCUT2D eigenvalue weighted by molar-refractivity contribution is -0.131. The predicted molar refractivity (Wildman–Crippen MR) is 84.0 cm³/mol. The van der Waals surface area contributed by atoms with Crippen LogP contribution in [-0.4, -0.2) is 16.8 Å². The summed E-state index contributed by atoms with van der Waals surface area (Å²) in [6.07, 6.45) is 0. The average Bonchev–Trinajstić information content (AvgIpc) is 2.81. The van der Waals surface area contributed by atoms with E-state index in [4.69, 9.17) is 5.26 Å². The van der Waals surface area contributed by atoms with E-state index in [1.54, 1.807) is 31.2 Å². The Bertz CT molecular complexity index is 840. The molecule has 2 aromatic carbocycles. The molecule has 0 bridgehead atoms. The number of nitrogens with zero attached hydrogens (tertiary/aromatic N) is 2. The van der Waals surface area contributed by atoms with Crippen molar-refractivity contribution >= 4 is 11.9 Å². The van der Waals surface area contributed by atoms with Gasteiger partial charge in [0.1, 0.15) is 11.4 Å². The Morgan fingerprint density at radius 1 is 1.12 bits per heavy atom. The normalized spacial score (nSPS) is 20.0. The van der Waals surface area contributed by atoms with Gasteiger partial charge in [-0.2, -0.15) is 5.26 Å². The molecule has 6 heteroatoms. The van der Waals surface area contributed by atoms with Gasteiger partial charge in [-0.25, -0.2) is 9.18 Å². The van der Waals surface area contributed by atoms with E-state index in [1.165, 1.54) is 24.3 Å². The third-order valence-corrected chi connectivity index (χ3v) is 4.12. The number of hydrogen-bond acceptors (Lipinski definition) is 3. The second kappa shape index (κ2) is 5.78. The highest BCUT2D eigenvalue weighted by Gasteiger charge is 2.48. The van der Waals surface area contributed by atoms with Gasteiger partial charge in [0.15, 0.2) is 0 Å². The van der Waals surface area contributed by atoms with Crippen LogP contribution >= 0.6 is 0 Å². The average molecular weight is 323 g/mol. The summed E-state index contributed by atoms with van der Waals surface area (Å²) in [7, 11) is 0. The summed E-state index contributed by atoms with van der Waals surface area (Å²) in [6, 6.07) is 13.6. The Kier molecular flexibility index (Phi) is 3.78. The fourth-order valence-electron chi connectivity index (χ4n) is 2.69. The van der Waals surface area contributed by atoms with E-state index in [0.717, 1.165) is 4.90 Å². The molecule has 1 atom stereocenters. The first-order valence-electron chi connectivity index (χ1n) is 7.33. The monoisotopic (exact) mass is 323 g/mol. The topological polar surface area (TPSA) is 73.2 Å². The lowest BCUT2D eigenvalue weighted by Gasteiger charge is -2.22. The molecular formula is C18H14FN3O2. The van der Waals surface area contributed by atoms with E-state index in [2.05, 4.69) is 5.32 Å². The fraction of sp³-hybridized carbons (Fsp3) is 0.167. The maximum atomic E-state index is 13.0. The Labute approximate surface area is 138 Å². The smallest absolute Gasteiger partial charge is 0.319 e. The number of carbonyl (C=O) groups is 2. The molecule has 1 heterocycles. The third-order valence-electron chi connectivity index (χ3n) is 4.12. The minimum Gasteiger partial charge on any atom is -0.319 e. The summed E-state index contributed by atoms with van der Waals surface area (Å²) in [6.45, 7) is 1.69. The van der Waals surface area contributed by atoms with Crippen LogP contribution in [0.5, 0.6) is 0 Å². The van der Waals surface area contributed by atoms with Crippen molar-refractivity contribution in [1.82, 2.24) is 10.2 Å². The van der Waals surface area contributed by atoms with Crippen molar-refractivity contribution < 1.29 is 14.0 Å². The molecule has 0 unspecified atom stereocenters. The number of rotatable bonds is 3. The summed E-state index contributed by atoms with van der Waals surface area (Å²) in [5.41, 5.74) is 0.540. The number of benzene rings is 2. The highest BCUT2D eigenvalue weighted by atomic mass is 19.1. The van der Waals surface area contributed by atoms with E-state index in [1.807, 2.05) is 6.07 Å². The van der Waals surface area contributed by atoms with Gasteiger partial charge in [0.2, 0.25) is 0 Å². The molecule has 2 aromatic rings. The zero-order valence-electron chi connectivity index (χ0n) is 12.9. The molecule has 0 spiro atoms. The molecule has 0 aromatic heterocycles. The summed E-state index contributed by atoms with van der Waals surface area (Å²) in [5, 5.41) is 11.6. The summed E-state index contributed by atoms with van der Waals surface area (Å²) < 4.78 is 13.0. The number of halogens is 1. The van der Waals surface area contributed by atoms with Gasteiger partial charge in [-0.3, -0.25) is 9.69 Å². The first-order valence-corrected chi connectivity index (χ1v) is 7.33. The molecule has 120 valence electrons. The van der Waals surface area contributed by atoms with Crippen molar-refractivity contribution in [3.05, 3.63) is 71.0 Å². The van der Waals surface area contributed by atoms with Crippen molar-refractivity contribution in [3.63, 3.8) is 0 Å². The van der Waals surface area contributed by atoms with Crippen molar-refractivity contribution in [1.29, 1.82) is 5.26 Å². The summed E-state index contributed by atoms with van der Waals surface area (Å²) >= 11 is 0. The van der Waals surface area contributed by atoms with Gasteiger partial charge < -0.3 is 5.32 Å². The van der Waals surface area contributed by atoms with Crippen molar-refractivity contribution in [2.45, 2.75) is 19.0 Å². The Balaban J connectivity index is 1.87. The molecule has 24 heavy (non-hydrogen) atoms. The second-order valence-corrected chi connectivity index (χ2v) is 5.76. The number of carbonyl (C=O) groups excluding carboxylic acids is 2. The maximum absolute atomic E-state index is 13.0. The Morgan fingerprint density at radius 2 is 1.75 bits per heavy atom. The van der Waals surface area contributed by atoms with E-state index < -0.39 is 11.6 Å². The number of nitriles is 1. The van der Waals surface area contributed by atoms with Gasteiger partial charge in [0, 0.05) is 0 Å². The van der Waals surface area contributed by atoms with E-state index >= 15 is 0 Å². The number of nitrogens with one attached hydrogen (secondary N) is 1. The molecule has 0 aliphatic carbocycles. The number of amides is 3. The first kappa shape index (κ1) is 15.7. The quantitative estimate of drug-likeness (QED) is 0.883. The van der Waals surface area contributed by atoms with E-state index in [9.17, 15) is 14.0 Å². The molecule has 1 N–H and O–H groups in total. The van der Waals surface area contributed by atoms with Crippen LogP contribution in [0.3, 0.4) is 0 Å². The Hall–Kier alpha value is -3.20. The van der Waals surface area contributed by atoms with Gasteiger partial charge in [0.25, 0.3) is 5.91 Å². The molecule has 0 radical (unpaired) electrons. The van der Waals surface area contributed by atoms with Crippen LogP contribution in [-0.2, 0) is 16.9 Å². The van der Waals surface area contributed by atoms with Crippen LogP contribution in [0.2, 0.25) is 0 Å². The number of imide groups is 1. The molecule has 5 nitrogen and oxygen atoms in total. The molecule has 1 aliphatic heterocycles. The van der Waals surface area contributed by atoms with Crippen LogP contribution in [0.15, 0.2) is 48.5 Å². The second-order valence-electron chi connectivity index (χ2n) is 5.76. The third kappa shape index (κ3) is 2.61. The lowest BCUT2D eigenvalue weighted by Crippen LogP contribution is -2.40. The van der Waals surface area contributed by atoms with Gasteiger partial charge in [-0.05, 0) is 42.3 Å². The molecule has 0 saturated carbocycles. The SMILES string of the molecule is C[C@]1(c2ccc(C#N)cc2)NC(=O)N(Cc2ccc(F)cc2)C1=O. The van der Waals surface area contributed by atoms with Gasteiger partial charge >= 0.3 is 6.03 Å². The van der Waals surface area contributed by atoms with Gasteiger partial charge in [-0.1, -0.05) is 24.3 Å². The van der Waals surface area contributed by atoms with Gasteiger partial charge in [-0.15, -0.1) is 0 Å². The van der Waals surface area contributed by atoms with E-state index in [0.29, 0.717) is 16.7 Å². The highest BCUT2D eigenvalue weighted by Crippen LogP contribution is 2.30. The zero-order valence-corrected chi connectivity index (χ0v) is 12.9. The molecule has 1 fully saturated rings. The van der Waals surface area contributed by atoms with Crippen molar-refractivity contribution in [2.24, 2.45) is 0 Å². The van der Waals surface area contributed by atoms with E-state index in [-0.39, 0.29) is 18.3 Å². The zero-order chi connectivity index (χ0) is 17.3.